The Kier molecular flexibility index (Phi) is 8.48. The Hall–Kier alpha value is -3.39. The van der Waals surface area contributed by atoms with Crippen molar-refractivity contribution < 1.29 is 24.4 Å². The number of nitrogens with one attached hydrogen (secondary N) is 1. The highest BCUT2D eigenvalue weighted by molar-refractivity contribution is 5.80. The van der Waals surface area contributed by atoms with E-state index in [4.69, 9.17) is 14.8 Å². The van der Waals surface area contributed by atoms with Gasteiger partial charge in [-0.25, -0.2) is 4.79 Å². The van der Waals surface area contributed by atoms with Crippen LogP contribution in [0.2, 0.25) is 0 Å². The highest BCUT2D eigenvalue weighted by Gasteiger charge is 2.16. The summed E-state index contributed by atoms with van der Waals surface area (Å²) in [6, 6.07) is 16.1. The molecule has 2 rings (SSSR count). The maximum absolute atomic E-state index is 12.3. The van der Waals surface area contributed by atoms with Crippen LogP contribution in [0, 0.1) is 0 Å². The fraction of sp³-hybridized carbons (Fsp3) is 0.250. The molecule has 148 valence electrons. The van der Waals surface area contributed by atoms with Crippen LogP contribution < -0.4 is 5.32 Å². The number of amides is 2. The first kappa shape index (κ1) is 20.9. The second-order valence-electron chi connectivity index (χ2n) is 5.74. The van der Waals surface area contributed by atoms with E-state index in [2.05, 4.69) is 10.5 Å². The topological polar surface area (TPSA) is 100 Å². The molecule has 2 N–H and O–H groups in total. The lowest BCUT2D eigenvalue weighted by Crippen LogP contribution is -2.41. The molecule has 0 aliphatic carbocycles. The van der Waals surface area contributed by atoms with E-state index in [1.54, 1.807) is 6.21 Å². The Morgan fingerprint density at radius 1 is 1.11 bits per heavy atom. The molecule has 0 saturated heterocycles. The lowest BCUT2D eigenvalue weighted by molar-refractivity contribution is -0.140. The van der Waals surface area contributed by atoms with Crippen LogP contribution in [-0.2, 0) is 27.6 Å². The summed E-state index contributed by atoms with van der Waals surface area (Å²) < 4.78 is 0. The number of carbonyl (C=O) groups is 2. The van der Waals surface area contributed by atoms with Crippen molar-refractivity contribution in [3.05, 3.63) is 71.3 Å². The molecule has 2 aromatic rings. The number of nitrogens with zero attached hydrogens (tertiary/aromatic N) is 2. The predicted octanol–water partition coefficient (Wildman–Crippen LogP) is 2.79. The van der Waals surface area contributed by atoms with E-state index in [-0.39, 0.29) is 13.2 Å². The van der Waals surface area contributed by atoms with E-state index in [0.29, 0.717) is 6.61 Å². The van der Waals surface area contributed by atoms with Gasteiger partial charge < -0.3 is 15.3 Å². The quantitative estimate of drug-likeness (QED) is 0.484. The molecule has 2 amide bonds. The predicted molar refractivity (Wildman–Crippen MR) is 103 cm³/mol. The van der Waals surface area contributed by atoms with Crippen molar-refractivity contribution in [2.24, 2.45) is 5.16 Å². The van der Waals surface area contributed by atoms with Gasteiger partial charge >= 0.3 is 12.0 Å². The van der Waals surface area contributed by atoms with E-state index < -0.39 is 18.5 Å². The zero-order valence-corrected chi connectivity index (χ0v) is 15.6. The number of benzene rings is 2. The van der Waals surface area contributed by atoms with Gasteiger partial charge in [-0.3, -0.25) is 9.63 Å². The highest BCUT2D eigenvalue weighted by Crippen LogP contribution is 2.10. The van der Waals surface area contributed by atoms with Gasteiger partial charge in [-0.2, -0.15) is 5.06 Å². The van der Waals surface area contributed by atoms with Gasteiger partial charge in [-0.1, -0.05) is 59.8 Å². The van der Waals surface area contributed by atoms with E-state index in [1.807, 2.05) is 61.5 Å². The van der Waals surface area contributed by atoms with E-state index in [1.165, 1.54) is 0 Å². The average Bonchev–Trinajstić information content (AvgIpc) is 2.71. The SMILES string of the molecule is CCO/N=C/c1ccc(CN(OCc2ccccc2)C(=O)NCC(=O)O)cc1. The molecule has 8 heteroatoms. The number of hydrogen-bond acceptors (Lipinski definition) is 5. The van der Waals surface area contributed by atoms with E-state index in [0.717, 1.165) is 21.8 Å². The average molecular weight is 385 g/mol. The molecule has 0 spiro atoms. The Balaban J connectivity index is 2.02. The van der Waals surface area contributed by atoms with Gasteiger partial charge in [-0.15, -0.1) is 0 Å². The first-order chi connectivity index (χ1) is 13.6. The van der Waals surface area contributed by atoms with Crippen LogP contribution in [0.4, 0.5) is 4.79 Å². The van der Waals surface area contributed by atoms with Crippen LogP contribution in [0.15, 0.2) is 59.8 Å². The molecule has 0 radical (unpaired) electrons. The van der Waals surface area contributed by atoms with E-state index in [9.17, 15) is 9.59 Å². The normalized spacial score (nSPS) is 10.6. The number of hydroxylamine groups is 2. The maximum atomic E-state index is 12.3. The molecular weight excluding hydrogens is 362 g/mol. The number of rotatable bonds is 10. The molecule has 0 atom stereocenters. The van der Waals surface area contributed by atoms with Gasteiger partial charge in [0.2, 0.25) is 0 Å². The second kappa shape index (κ2) is 11.3. The Morgan fingerprint density at radius 3 is 2.46 bits per heavy atom. The lowest BCUT2D eigenvalue weighted by atomic mass is 10.1. The van der Waals surface area contributed by atoms with Crippen LogP contribution in [0.5, 0.6) is 0 Å². The van der Waals surface area contributed by atoms with Gasteiger partial charge in [0.05, 0.1) is 12.8 Å². The van der Waals surface area contributed by atoms with Gasteiger partial charge in [0.15, 0.2) is 0 Å². The summed E-state index contributed by atoms with van der Waals surface area (Å²) in [6.45, 7) is 2.19. The van der Waals surface area contributed by atoms with Gasteiger partial charge in [0, 0.05) is 0 Å². The van der Waals surface area contributed by atoms with Crippen LogP contribution in [-0.4, -0.2) is 41.5 Å². The Morgan fingerprint density at radius 2 is 1.82 bits per heavy atom. The zero-order chi connectivity index (χ0) is 20.2. The van der Waals surface area contributed by atoms with Gasteiger partial charge in [0.1, 0.15) is 19.8 Å². The van der Waals surface area contributed by atoms with Crippen molar-refractivity contribution in [2.45, 2.75) is 20.1 Å². The number of carbonyl (C=O) groups excluding carboxylic acids is 1. The van der Waals surface area contributed by atoms with Crippen LogP contribution in [0.25, 0.3) is 0 Å². The maximum Gasteiger partial charge on any atom is 0.342 e. The lowest BCUT2D eigenvalue weighted by Gasteiger charge is -2.22. The third-order valence-electron chi connectivity index (χ3n) is 3.56. The van der Waals surface area contributed by atoms with Crippen molar-refractivity contribution in [3.63, 3.8) is 0 Å². The van der Waals surface area contributed by atoms with Crippen molar-refractivity contribution in [2.75, 3.05) is 13.2 Å². The Labute approximate surface area is 163 Å². The fourth-order valence-corrected chi connectivity index (χ4v) is 2.19. The zero-order valence-electron chi connectivity index (χ0n) is 15.6. The summed E-state index contributed by atoms with van der Waals surface area (Å²) in [7, 11) is 0. The molecule has 0 saturated carbocycles. The summed E-state index contributed by atoms with van der Waals surface area (Å²) in [5, 5.41) is 16.0. The molecule has 0 bridgehead atoms. The molecule has 8 nitrogen and oxygen atoms in total. The van der Waals surface area contributed by atoms with E-state index >= 15 is 0 Å². The summed E-state index contributed by atoms with van der Waals surface area (Å²) in [5.41, 5.74) is 2.55. The molecule has 0 aromatic heterocycles. The van der Waals surface area contributed by atoms with Crippen LogP contribution in [0.3, 0.4) is 0 Å². The smallest absolute Gasteiger partial charge is 0.342 e. The van der Waals surface area contributed by atoms with Crippen molar-refractivity contribution in [3.8, 4) is 0 Å². The molecule has 0 aliphatic rings. The molecular formula is C20H23N3O5. The first-order valence-electron chi connectivity index (χ1n) is 8.76. The molecule has 28 heavy (non-hydrogen) atoms. The van der Waals surface area contributed by atoms with Gasteiger partial charge in [-0.05, 0) is 23.6 Å². The number of oxime groups is 1. The minimum atomic E-state index is -1.13. The first-order valence-corrected chi connectivity index (χ1v) is 8.76. The summed E-state index contributed by atoms with van der Waals surface area (Å²) in [5.74, 6) is -1.13. The van der Waals surface area contributed by atoms with Crippen LogP contribution in [0.1, 0.15) is 23.6 Å². The standard InChI is InChI=1S/C20H23N3O5/c1-2-27-22-12-16-8-10-17(11-9-16)14-23(20(26)21-13-19(24)25)28-15-18-6-4-3-5-7-18/h3-12H,2,13-15H2,1H3,(H,21,26)(H,24,25)/b22-12+. The minimum Gasteiger partial charge on any atom is -0.480 e. The molecule has 0 fully saturated rings. The number of hydrogen-bond donors (Lipinski definition) is 2. The third kappa shape index (κ3) is 7.46. The van der Waals surface area contributed by atoms with Gasteiger partial charge in [0.25, 0.3) is 0 Å². The largest absolute Gasteiger partial charge is 0.480 e. The third-order valence-corrected chi connectivity index (χ3v) is 3.56. The minimum absolute atomic E-state index is 0.154. The molecule has 0 aliphatic heterocycles. The summed E-state index contributed by atoms with van der Waals surface area (Å²) >= 11 is 0. The number of urea groups is 1. The number of aliphatic carboxylic acids is 1. The molecule has 2 aromatic carbocycles. The number of carboxylic acids is 1. The molecule has 0 heterocycles. The highest BCUT2D eigenvalue weighted by atomic mass is 16.7. The van der Waals surface area contributed by atoms with Crippen molar-refractivity contribution in [1.29, 1.82) is 0 Å². The number of carboxylic acid groups (broad SMARTS) is 1. The monoisotopic (exact) mass is 385 g/mol. The summed E-state index contributed by atoms with van der Waals surface area (Å²) in [6.07, 6.45) is 1.59. The second-order valence-corrected chi connectivity index (χ2v) is 5.74. The summed E-state index contributed by atoms with van der Waals surface area (Å²) in [4.78, 5) is 33.6. The van der Waals surface area contributed by atoms with Crippen LogP contribution >= 0.6 is 0 Å². The van der Waals surface area contributed by atoms with Crippen molar-refractivity contribution in [1.82, 2.24) is 10.4 Å². The van der Waals surface area contributed by atoms with Crippen molar-refractivity contribution >= 4 is 18.2 Å². The molecule has 0 unspecified atom stereocenters. The Bertz CT molecular complexity index is 778. The fourth-order valence-electron chi connectivity index (χ4n) is 2.19.